The second-order valence-electron chi connectivity index (χ2n) is 19.5. The van der Waals surface area contributed by atoms with Gasteiger partial charge in [-0.1, -0.05) is 171 Å². The van der Waals surface area contributed by atoms with Gasteiger partial charge in [-0.15, -0.1) is 29.7 Å². The molecule has 0 amide bonds. The minimum absolute atomic E-state index is 0. The summed E-state index contributed by atoms with van der Waals surface area (Å²) in [5.74, 6) is 1.55. The van der Waals surface area contributed by atoms with Crippen LogP contribution in [-0.4, -0.2) is 14.1 Å². The molecule has 7 aromatic carbocycles. The number of hydrogen-bond donors (Lipinski definition) is 0. The number of imidazole rings is 1. The molecular formula is C60H54N4OPt-2. The first-order valence-corrected chi connectivity index (χ1v) is 21.7. The molecule has 0 aliphatic rings. The molecule has 0 saturated carbocycles. The number of para-hydroxylation sites is 1. The van der Waals surface area contributed by atoms with Crippen LogP contribution in [0.1, 0.15) is 92.7 Å². The summed E-state index contributed by atoms with van der Waals surface area (Å²) in [6, 6.07) is 33.0. The third-order valence-corrected chi connectivity index (χ3v) is 11.9. The fraction of sp³-hybridized carbons (Fsp3) is 0.200. The van der Waals surface area contributed by atoms with Crippen molar-refractivity contribution in [3.05, 3.63) is 199 Å². The molecule has 0 bridgehead atoms. The SMILES string of the molecule is [2H]c1c([2H])c([2H])c(-c2cc(C(C)(C)C)cc(-c3c([2H])c([2H])c([2H])c([2H])c3[2H])c2-[n+]2[c-]n(-c3[c-]c(Oc4[c-]c5c(cc4)c4ccccc4n5-c4cc(C(C)(C)C)ccn4)ccc3)c3ccc(C(C)(C)C)cc32)c([2H])c1[2H].[Pt]. The molecule has 10 aromatic rings. The topological polar surface area (TPSA) is 35.9 Å². The number of hydrogen-bond acceptors (Lipinski definition) is 2. The summed E-state index contributed by atoms with van der Waals surface area (Å²) in [7, 11) is 0. The molecule has 332 valence electrons. The Morgan fingerprint density at radius 3 is 1.85 bits per heavy atom. The average molecular weight is 1050 g/mol. The van der Waals surface area contributed by atoms with Crippen molar-refractivity contribution in [2.45, 2.75) is 78.6 Å². The molecule has 3 aromatic heterocycles. The van der Waals surface area contributed by atoms with Crippen molar-refractivity contribution in [3.8, 4) is 50.9 Å². The van der Waals surface area contributed by atoms with Gasteiger partial charge in [0.2, 0.25) is 0 Å². The van der Waals surface area contributed by atoms with E-state index in [4.69, 9.17) is 17.9 Å². The Morgan fingerprint density at radius 2 is 1.20 bits per heavy atom. The average Bonchev–Trinajstić information content (AvgIpc) is 3.96. The van der Waals surface area contributed by atoms with Crippen molar-refractivity contribution in [3.63, 3.8) is 0 Å². The number of fused-ring (bicyclic) bond motifs is 4. The number of aromatic nitrogens is 4. The van der Waals surface area contributed by atoms with Gasteiger partial charge in [0.05, 0.1) is 30.4 Å². The van der Waals surface area contributed by atoms with Crippen molar-refractivity contribution in [1.29, 1.82) is 0 Å². The summed E-state index contributed by atoms with van der Waals surface area (Å²) in [6.45, 7) is 18.6. The van der Waals surface area contributed by atoms with E-state index in [1.807, 2.05) is 87.6 Å². The zero-order chi connectivity index (χ0) is 54.0. The number of pyridine rings is 1. The molecule has 66 heavy (non-hydrogen) atoms. The van der Waals surface area contributed by atoms with Crippen LogP contribution in [0.5, 0.6) is 11.5 Å². The van der Waals surface area contributed by atoms with E-state index in [1.54, 1.807) is 27.3 Å². The summed E-state index contributed by atoms with van der Waals surface area (Å²) >= 11 is 0. The fourth-order valence-electron chi connectivity index (χ4n) is 8.30. The minimum Gasteiger partial charge on any atom is -0.510 e. The maximum Gasteiger partial charge on any atom is 0.268 e. The van der Waals surface area contributed by atoms with Gasteiger partial charge < -0.3 is 13.9 Å². The Hall–Kier alpha value is -6.55. The molecule has 0 spiro atoms. The number of ether oxygens (including phenoxy) is 1. The number of nitrogens with zero attached hydrogens (tertiary/aromatic N) is 4. The van der Waals surface area contributed by atoms with E-state index in [0.29, 0.717) is 33.8 Å². The van der Waals surface area contributed by atoms with E-state index in [-0.39, 0.29) is 59.8 Å². The van der Waals surface area contributed by atoms with Gasteiger partial charge in [0.15, 0.2) is 0 Å². The number of benzene rings is 7. The monoisotopic (exact) mass is 1050 g/mol. The molecular weight excluding hydrogens is 988 g/mol. The van der Waals surface area contributed by atoms with Crippen molar-refractivity contribution < 1.29 is 44.1 Å². The van der Waals surface area contributed by atoms with E-state index in [0.717, 1.165) is 38.8 Å². The molecule has 0 unspecified atom stereocenters. The summed E-state index contributed by atoms with van der Waals surface area (Å²) in [5, 5.41) is 2.02. The van der Waals surface area contributed by atoms with E-state index < -0.39 is 65.8 Å². The van der Waals surface area contributed by atoms with Gasteiger partial charge in [0.1, 0.15) is 5.82 Å². The largest absolute Gasteiger partial charge is 0.510 e. The Kier molecular flexibility index (Phi) is 8.73. The summed E-state index contributed by atoms with van der Waals surface area (Å²) in [5.41, 5.74) is 5.28. The van der Waals surface area contributed by atoms with Gasteiger partial charge in [0, 0.05) is 44.3 Å². The zero-order valence-corrected chi connectivity index (χ0v) is 40.6. The molecule has 0 atom stereocenters. The maximum atomic E-state index is 9.33. The van der Waals surface area contributed by atoms with Crippen LogP contribution < -0.4 is 9.30 Å². The van der Waals surface area contributed by atoms with Crippen LogP contribution >= 0.6 is 0 Å². The van der Waals surface area contributed by atoms with E-state index in [9.17, 15) is 5.48 Å². The van der Waals surface area contributed by atoms with Gasteiger partial charge in [-0.3, -0.25) is 4.57 Å². The quantitative estimate of drug-likeness (QED) is 0.118. The zero-order valence-electron chi connectivity index (χ0n) is 48.3. The van der Waals surface area contributed by atoms with Crippen LogP contribution in [-0.2, 0) is 37.3 Å². The first-order chi connectivity index (χ1) is 35.3. The fourth-order valence-corrected chi connectivity index (χ4v) is 8.30. The van der Waals surface area contributed by atoms with Gasteiger partial charge in [-0.2, -0.15) is 18.2 Å². The summed E-state index contributed by atoms with van der Waals surface area (Å²) < 4.78 is 102. The van der Waals surface area contributed by atoms with Crippen LogP contribution in [0, 0.1) is 18.5 Å². The van der Waals surface area contributed by atoms with Crippen molar-refractivity contribution in [2.75, 3.05) is 0 Å². The molecule has 0 N–H and O–H groups in total. The molecule has 0 saturated heterocycles. The van der Waals surface area contributed by atoms with E-state index in [1.165, 1.54) is 0 Å². The molecule has 3 heterocycles. The van der Waals surface area contributed by atoms with Gasteiger partial charge in [-0.25, -0.2) is 4.98 Å². The first kappa shape index (κ1) is 33.9. The second-order valence-corrected chi connectivity index (χ2v) is 19.5. The minimum atomic E-state index is -0.646. The summed E-state index contributed by atoms with van der Waals surface area (Å²) in [6.07, 6.45) is 5.37. The third-order valence-electron chi connectivity index (χ3n) is 11.9. The van der Waals surface area contributed by atoms with Crippen LogP contribution in [0.15, 0.2) is 164 Å². The Balaban J connectivity index is 0.00000706. The van der Waals surface area contributed by atoms with Crippen molar-refractivity contribution >= 4 is 32.8 Å². The summed E-state index contributed by atoms with van der Waals surface area (Å²) in [4.78, 5) is 4.82. The third kappa shape index (κ3) is 8.31. The number of rotatable bonds is 7. The predicted molar refractivity (Wildman–Crippen MR) is 267 cm³/mol. The van der Waals surface area contributed by atoms with Gasteiger partial charge in [0.25, 0.3) is 6.33 Å². The first-order valence-electron chi connectivity index (χ1n) is 26.7. The Labute approximate surface area is 417 Å². The predicted octanol–water partition coefficient (Wildman–Crippen LogP) is 14.8. The van der Waals surface area contributed by atoms with Crippen LogP contribution in [0.3, 0.4) is 0 Å². The molecule has 0 radical (unpaired) electrons. The Morgan fingerprint density at radius 1 is 0.576 bits per heavy atom. The van der Waals surface area contributed by atoms with Crippen LogP contribution in [0.2, 0.25) is 0 Å². The molecule has 5 nitrogen and oxygen atoms in total. The maximum absolute atomic E-state index is 9.33. The smallest absolute Gasteiger partial charge is 0.268 e. The van der Waals surface area contributed by atoms with E-state index >= 15 is 0 Å². The van der Waals surface area contributed by atoms with Crippen molar-refractivity contribution in [1.82, 2.24) is 14.1 Å². The normalized spacial score (nSPS) is 14.3. The second kappa shape index (κ2) is 17.0. The molecule has 6 heteroatoms. The van der Waals surface area contributed by atoms with Gasteiger partial charge in [-0.05, 0) is 90.5 Å². The molecule has 0 aliphatic heterocycles. The Bertz CT molecular complexity index is 3860. The van der Waals surface area contributed by atoms with Crippen molar-refractivity contribution in [2.24, 2.45) is 0 Å². The standard InChI is InChI=1S/C60H54N4O.Pt/c1-58(2,3)42-27-30-53-55(35-42)63(57-50(40-19-12-10-13-20-40)33-44(60(7,8)9)34-51(57)41-21-14-11-15-22-41)39-62(53)45-23-18-24-46(37-45)65-47-28-29-49-48-25-16-17-26-52(48)64(54(49)38-47)56-36-43(31-32-61-56)59(4,5)6;/h10-36H,1-9H3;/q-2;/i10D,11D,12D,13D,14D,15D,19D,20D,21D,22D;. The molecule has 10 rings (SSSR count). The van der Waals surface area contributed by atoms with Crippen LogP contribution in [0.4, 0.5) is 0 Å². The van der Waals surface area contributed by atoms with Gasteiger partial charge >= 0.3 is 0 Å². The van der Waals surface area contributed by atoms with E-state index in [2.05, 4.69) is 82.8 Å². The molecule has 0 fully saturated rings. The molecule has 0 aliphatic carbocycles. The van der Waals surface area contributed by atoms with Crippen LogP contribution in [0.25, 0.3) is 72.3 Å².